The number of nitrogens with one attached hydrogen (secondary N) is 1. The van der Waals surface area contributed by atoms with Gasteiger partial charge in [0.15, 0.2) is 5.29 Å². The topological polar surface area (TPSA) is 50.4 Å². The maximum Gasteiger partial charge on any atom is 0.193 e. The summed E-state index contributed by atoms with van der Waals surface area (Å²) in [6.07, 6.45) is 1.87. The summed E-state index contributed by atoms with van der Waals surface area (Å²) >= 11 is 11.3. The summed E-state index contributed by atoms with van der Waals surface area (Å²) in [5.41, 5.74) is 6.89. The number of amidine groups is 1. The van der Waals surface area contributed by atoms with Gasteiger partial charge in [-0.05, 0) is 23.7 Å². The van der Waals surface area contributed by atoms with Crippen molar-refractivity contribution in [3.05, 3.63) is 53.8 Å². The van der Waals surface area contributed by atoms with Crippen LogP contribution in [0.5, 0.6) is 0 Å². The van der Waals surface area contributed by atoms with Crippen LogP contribution in [-0.2, 0) is 0 Å². The maximum absolute atomic E-state index is 5.92. The fourth-order valence-corrected chi connectivity index (χ4v) is 1.41. The molecule has 0 aliphatic carbocycles. The van der Waals surface area contributed by atoms with Crippen molar-refractivity contribution in [1.82, 2.24) is 0 Å². The van der Waals surface area contributed by atoms with Gasteiger partial charge in [-0.15, -0.1) is 0 Å². The molecule has 0 spiro atoms. The summed E-state index contributed by atoms with van der Waals surface area (Å²) in [6, 6.07) is 9.70. The Morgan fingerprint density at radius 1 is 1.35 bits per heavy atom. The lowest BCUT2D eigenvalue weighted by molar-refractivity contribution is 1.19. The van der Waals surface area contributed by atoms with Gasteiger partial charge in [0.25, 0.3) is 0 Å². The van der Waals surface area contributed by atoms with Crippen LogP contribution in [0.2, 0.25) is 0 Å². The van der Waals surface area contributed by atoms with Gasteiger partial charge in [-0.1, -0.05) is 36.4 Å². The molecule has 0 aliphatic heterocycles. The van der Waals surface area contributed by atoms with E-state index in [1.165, 1.54) is 6.20 Å². The van der Waals surface area contributed by atoms with E-state index in [-0.39, 0.29) is 5.29 Å². The predicted molar refractivity (Wildman–Crippen MR) is 75.2 cm³/mol. The van der Waals surface area contributed by atoms with E-state index in [0.717, 1.165) is 11.4 Å². The molecule has 1 aromatic carbocycles. The van der Waals surface area contributed by atoms with E-state index >= 15 is 0 Å². The van der Waals surface area contributed by atoms with Crippen LogP contribution in [0.15, 0.2) is 58.8 Å². The molecule has 0 amide bonds. The number of rotatable bonds is 5. The SMILES string of the molecule is C=C(C/C(Cl)=C\N=C(N)Cl)Nc1ccccc1. The predicted octanol–water partition coefficient (Wildman–Crippen LogP) is 3.64. The van der Waals surface area contributed by atoms with Crippen molar-refractivity contribution < 1.29 is 0 Å². The van der Waals surface area contributed by atoms with Crippen LogP contribution in [0.3, 0.4) is 0 Å². The van der Waals surface area contributed by atoms with Crippen molar-refractivity contribution in [3.63, 3.8) is 0 Å². The number of allylic oxidation sites excluding steroid dienone is 1. The molecule has 0 radical (unpaired) electrons. The summed E-state index contributed by atoms with van der Waals surface area (Å²) in [6.45, 7) is 3.87. The van der Waals surface area contributed by atoms with Gasteiger partial charge in [-0.2, -0.15) is 0 Å². The van der Waals surface area contributed by atoms with Gasteiger partial charge >= 0.3 is 0 Å². The van der Waals surface area contributed by atoms with Gasteiger partial charge < -0.3 is 11.1 Å². The van der Waals surface area contributed by atoms with Crippen LogP contribution >= 0.6 is 23.2 Å². The highest BCUT2D eigenvalue weighted by atomic mass is 35.5. The molecule has 0 atom stereocenters. The van der Waals surface area contributed by atoms with Gasteiger partial charge in [0.05, 0.1) is 0 Å². The number of benzene rings is 1. The molecule has 17 heavy (non-hydrogen) atoms. The molecule has 0 aromatic heterocycles. The fourth-order valence-electron chi connectivity index (χ4n) is 1.15. The standard InChI is InChI=1S/C12H13Cl2N3/c1-9(7-10(13)8-16-12(14)15)17-11-5-3-2-4-6-11/h2-6,8,17H,1,7H2,(H2,15,16)/b10-8+. The molecule has 3 nitrogen and oxygen atoms in total. The number of para-hydroxylation sites is 1. The summed E-state index contributed by atoms with van der Waals surface area (Å²) < 4.78 is 0. The molecule has 3 N–H and O–H groups in total. The van der Waals surface area contributed by atoms with Crippen molar-refractivity contribution in [2.75, 3.05) is 5.32 Å². The lowest BCUT2D eigenvalue weighted by Gasteiger charge is -2.08. The first-order valence-corrected chi connectivity index (χ1v) is 5.66. The highest BCUT2D eigenvalue weighted by Gasteiger charge is 1.98. The maximum atomic E-state index is 5.92. The minimum atomic E-state index is -0.0511. The van der Waals surface area contributed by atoms with E-state index in [1.807, 2.05) is 30.3 Å². The molecular weight excluding hydrogens is 257 g/mol. The van der Waals surface area contributed by atoms with Crippen LogP contribution in [0.25, 0.3) is 0 Å². The Balaban J connectivity index is 2.51. The molecule has 0 bridgehead atoms. The van der Waals surface area contributed by atoms with Gasteiger partial charge in [0.1, 0.15) is 0 Å². The number of hydrogen-bond donors (Lipinski definition) is 2. The lowest BCUT2D eigenvalue weighted by Crippen LogP contribution is -2.00. The Bertz CT molecular complexity index is 434. The van der Waals surface area contributed by atoms with Crippen LogP contribution in [0.4, 0.5) is 5.69 Å². The van der Waals surface area contributed by atoms with E-state index in [2.05, 4.69) is 16.9 Å². The number of anilines is 1. The van der Waals surface area contributed by atoms with Crippen LogP contribution in [-0.4, -0.2) is 5.29 Å². The van der Waals surface area contributed by atoms with Gasteiger partial charge in [-0.25, -0.2) is 4.99 Å². The van der Waals surface area contributed by atoms with Crippen molar-refractivity contribution in [2.24, 2.45) is 10.7 Å². The molecule has 0 saturated carbocycles. The zero-order valence-corrected chi connectivity index (χ0v) is 10.7. The first-order chi connectivity index (χ1) is 8.08. The second-order valence-corrected chi connectivity index (χ2v) is 4.17. The van der Waals surface area contributed by atoms with Crippen LogP contribution in [0.1, 0.15) is 6.42 Å². The van der Waals surface area contributed by atoms with Crippen molar-refractivity contribution in [1.29, 1.82) is 0 Å². The summed E-state index contributed by atoms with van der Waals surface area (Å²) in [7, 11) is 0. The van der Waals surface area contributed by atoms with Crippen molar-refractivity contribution in [3.8, 4) is 0 Å². The quantitative estimate of drug-likeness (QED) is 0.487. The zero-order valence-electron chi connectivity index (χ0n) is 9.16. The molecule has 0 saturated heterocycles. The smallest absolute Gasteiger partial charge is 0.193 e. The van der Waals surface area contributed by atoms with E-state index in [4.69, 9.17) is 28.9 Å². The third kappa shape index (κ3) is 6.00. The number of nitrogens with two attached hydrogens (primary N) is 1. The van der Waals surface area contributed by atoms with Crippen LogP contribution in [0, 0.1) is 0 Å². The molecule has 0 fully saturated rings. The third-order valence-electron chi connectivity index (χ3n) is 1.81. The largest absolute Gasteiger partial charge is 0.374 e. The molecule has 90 valence electrons. The number of hydrogen-bond acceptors (Lipinski definition) is 2. The van der Waals surface area contributed by atoms with E-state index in [9.17, 15) is 0 Å². The fraction of sp³-hybridized carbons (Fsp3) is 0.0833. The molecule has 0 heterocycles. The normalized spacial score (nSPS) is 12.4. The Kier molecular flexibility index (Phi) is 5.60. The first kappa shape index (κ1) is 13.6. The molecule has 0 aliphatic rings. The highest BCUT2D eigenvalue weighted by molar-refractivity contribution is 6.64. The Morgan fingerprint density at radius 2 is 2.00 bits per heavy atom. The summed E-state index contributed by atoms with van der Waals surface area (Å²) in [4.78, 5) is 3.68. The van der Waals surface area contributed by atoms with Crippen molar-refractivity contribution >= 4 is 34.2 Å². The van der Waals surface area contributed by atoms with E-state index < -0.39 is 0 Å². The highest BCUT2D eigenvalue weighted by Crippen LogP contribution is 2.16. The minimum absolute atomic E-state index is 0.0511. The molecule has 0 unspecified atom stereocenters. The second-order valence-electron chi connectivity index (χ2n) is 3.30. The van der Waals surface area contributed by atoms with E-state index in [0.29, 0.717) is 11.5 Å². The molecule has 5 heteroatoms. The first-order valence-electron chi connectivity index (χ1n) is 4.91. The Labute approximate surface area is 111 Å². The van der Waals surface area contributed by atoms with Gasteiger partial charge in [0, 0.05) is 29.0 Å². The van der Waals surface area contributed by atoms with Gasteiger partial charge in [0.2, 0.25) is 0 Å². The number of nitrogens with zero attached hydrogens (tertiary/aromatic N) is 1. The average molecular weight is 270 g/mol. The minimum Gasteiger partial charge on any atom is -0.374 e. The second kappa shape index (κ2) is 6.99. The monoisotopic (exact) mass is 269 g/mol. The summed E-state index contributed by atoms with van der Waals surface area (Å²) in [5.74, 6) is 0. The average Bonchev–Trinajstić information content (AvgIpc) is 2.27. The molecule has 1 rings (SSSR count). The number of aliphatic imine (C=N–C) groups is 1. The molecular formula is C12H13Cl2N3. The molecule has 1 aromatic rings. The Hall–Kier alpha value is -1.45. The zero-order chi connectivity index (χ0) is 12.7. The summed E-state index contributed by atoms with van der Waals surface area (Å²) in [5, 5.41) is 3.58. The third-order valence-corrected chi connectivity index (χ3v) is 2.13. The lowest BCUT2D eigenvalue weighted by atomic mass is 10.2. The van der Waals surface area contributed by atoms with Gasteiger partial charge in [-0.3, -0.25) is 0 Å². The number of halogens is 2. The Morgan fingerprint density at radius 3 is 2.59 bits per heavy atom. The van der Waals surface area contributed by atoms with Crippen LogP contribution < -0.4 is 11.1 Å². The van der Waals surface area contributed by atoms with E-state index in [1.54, 1.807) is 0 Å². The van der Waals surface area contributed by atoms with Crippen molar-refractivity contribution in [2.45, 2.75) is 6.42 Å².